The number of carbonyl (C=O) groups is 2. The topological polar surface area (TPSA) is 72.8 Å². The first-order valence-corrected chi connectivity index (χ1v) is 12.7. The molecule has 0 aromatic carbocycles. The van der Waals surface area contributed by atoms with Crippen LogP contribution in [0, 0.1) is 45.3 Å². The molecule has 5 nitrogen and oxygen atoms in total. The molecule has 1 aliphatic heterocycles. The third-order valence-electron chi connectivity index (χ3n) is 11.0. The molecule has 1 saturated heterocycles. The van der Waals surface area contributed by atoms with Crippen LogP contribution in [-0.4, -0.2) is 29.9 Å². The molecule has 0 unspecified atom stereocenters. The summed E-state index contributed by atoms with van der Waals surface area (Å²) in [5.41, 5.74) is 0.903. The maximum Gasteiger partial charge on any atom is 0.336 e. The minimum Gasteiger partial charge on any atom is -0.465 e. The molecule has 0 bridgehead atoms. The van der Waals surface area contributed by atoms with E-state index in [1.807, 2.05) is 0 Å². The minimum atomic E-state index is -1.03. The second kappa shape index (κ2) is 7.07. The average Bonchev–Trinajstić information content (AvgIpc) is 3.00. The largest absolute Gasteiger partial charge is 0.465 e. The molecule has 178 valence electrons. The van der Waals surface area contributed by atoms with Crippen molar-refractivity contribution in [3.05, 3.63) is 11.6 Å². The lowest BCUT2D eigenvalue weighted by Gasteiger charge is -2.69. The molecule has 5 rings (SSSR count). The number of hydrogen-bond acceptors (Lipinski definition) is 5. The van der Waals surface area contributed by atoms with Crippen molar-refractivity contribution in [1.29, 1.82) is 0 Å². The van der Waals surface area contributed by atoms with E-state index < -0.39 is 6.29 Å². The van der Waals surface area contributed by atoms with Gasteiger partial charge in [-0.05, 0) is 78.9 Å². The van der Waals surface area contributed by atoms with E-state index in [1.165, 1.54) is 19.8 Å². The molecule has 32 heavy (non-hydrogen) atoms. The number of fused-ring (bicyclic) bond motifs is 7. The van der Waals surface area contributed by atoms with Gasteiger partial charge in [-0.2, -0.15) is 0 Å². The fourth-order valence-corrected chi connectivity index (χ4v) is 9.88. The lowest BCUT2D eigenvalue weighted by molar-refractivity contribution is -0.231. The van der Waals surface area contributed by atoms with Crippen molar-refractivity contribution in [3.8, 4) is 0 Å². The number of ether oxygens (including phenoxy) is 2. The van der Waals surface area contributed by atoms with Gasteiger partial charge in [0.2, 0.25) is 6.29 Å². The summed E-state index contributed by atoms with van der Waals surface area (Å²) in [5, 5.41) is 10.7. The van der Waals surface area contributed by atoms with Crippen LogP contribution < -0.4 is 0 Å². The fraction of sp³-hybridized carbons (Fsp3) is 0.852. The van der Waals surface area contributed by atoms with Crippen molar-refractivity contribution in [3.63, 3.8) is 0 Å². The van der Waals surface area contributed by atoms with Gasteiger partial charge >= 0.3 is 11.9 Å². The summed E-state index contributed by atoms with van der Waals surface area (Å²) in [4.78, 5) is 24.3. The molecule has 0 radical (unpaired) electrons. The van der Waals surface area contributed by atoms with Crippen LogP contribution in [0.1, 0.15) is 86.0 Å². The number of rotatable bonds is 2. The monoisotopic (exact) mass is 444 g/mol. The Morgan fingerprint density at radius 2 is 1.75 bits per heavy atom. The molecule has 4 fully saturated rings. The Hall–Kier alpha value is -1.36. The first-order valence-electron chi connectivity index (χ1n) is 12.7. The van der Waals surface area contributed by atoms with Crippen LogP contribution in [0.15, 0.2) is 11.6 Å². The number of allylic oxidation sites excluding steroid dienone is 1. The SMILES string of the molecule is CC(=O)OC[C@]12CCCC(C)(C)[C@@H]1CC[C@@]1(C)[C@@H]3CC=C4C(=O)O[C@@H](O)[C@@H]4[C@@]3(C)CC[C@@H]12. The molecule has 5 aliphatic rings. The van der Waals surface area contributed by atoms with Crippen LogP contribution in [-0.2, 0) is 19.1 Å². The van der Waals surface area contributed by atoms with Crippen molar-refractivity contribution in [2.24, 2.45) is 45.3 Å². The first-order chi connectivity index (χ1) is 15.0. The van der Waals surface area contributed by atoms with E-state index in [2.05, 4.69) is 33.8 Å². The van der Waals surface area contributed by atoms with E-state index in [0.717, 1.165) is 38.5 Å². The van der Waals surface area contributed by atoms with Crippen LogP contribution in [0.5, 0.6) is 0 Å². The van der Waals surface area contributed by atoms with Crippen LogP contribution in [0.3, 0.4) is 0 Å². The van der Waals surface area contributed by atoms with Gasteiger partial charge in [0, 0.05) is 17.9 Å². The molecule has 0 aromatic heterocycles. The van der Waals surface area contributed by atoms with Crippen LogP contribution in [0.4, 0.5) is 0 Å². The molecule has 8 atom stereocenters. The molecule has 4 aliphatic carbocycles. The predicted octanol–water partition coefficient (Wildman–Crippen LogP) is 5.02. The van der Waals surface area contributed by atoms with Gasteiger partial charge in [0.25, 0.3) is 0 Å². The zero-order chi connectivity index (χ0) is 23.1. The van der Waals surface area contributed by atoms with Gasteiger partial charge in [0.15, 0.2) is 0 Å². The molecule has 5 heteroatoms. The third kappa shape index (κ3) is 2.85. The van der Waals surface area contributed by atoms with Gasteiger partial charge in [0.05, 0.1) is 12.5 Å². The summed E-state index contributed by atoms with van der Waals surface area (Å²) in [5.74, 6) is 0.685. The maximum absolute atomic E-state index is 12.4. The maximum atomic E-state index is 12.4. The van der Waals surface area contributed by atoms with Crippen molar-refractivity contribution in [2.45, 2.75) is 92.3 Å². The Morgan fingerprint density at radius 3 is 2.47 bits per heavy atom. The highest BCUT2D eigenvalue weighted by Crippen LogP contribution is 2.73. The van der Waals surface area contributed by atoms with E-state index in [0.29, 0.717) is 29.9 Å². The van der Waals surface area contributed by atoms with Gasteiger partial charge in [0.1, 0.15) is 0 Å². The Labute approximate surface area is 192 Å². The zero-order valence-corrected chi connectivity index (χ0v) is 20.4. The van der Waals surface area contributed by atoms with E-state index in [-0.39, 0.29) is 39.5 Å². The van der Waals surface area contributed by atoms with E-state index in [4.69, 9.17) is 9.47 Å². The standard InChI is InChI=1S/C27H40O5/c1-16(28)31-15-27-12-6-11-24(2,3)18(27)9-13-25(4)19-8-7-17-21(23(30)32-22(17)29)26(19,5)14-10-20(25)27/h7,18-21,23,30H,6,8-15H2,1-5H3/t18-,19-,20-,21+,23+,25-,26-,27+/m0/s1. The Kier molecular flexibility index (Phi) is 4.96. The van der Waals surface area contributed by atoms with E-state index in [1.54, 1.807) is 0 Å². The summed E-state index contributed by atoms with van der Waals surface area (Å²) in [6.45, 7) is 11.7. The molecule has 3 saturated carbocycles. The van der Waals surface area contributed by atoms with Crippen LogP contribution >= 0.6 is 0 Å². The van der Waals surface area contributed by atoms with Gasteiger partial charge in [-0.3, -0.25) is 4.79 Å². The first kappa shape index (κ1) is 22.4. The highest BCUT2D eigenvalue weighted by molar-refractivity contribution is 5.91. The van der Waals surface area contributed by atoms with E-state index >= 15 is 0 Å². The molecule has 1 heterocycles. The van der Waals surface area contributed by atoms with Gasteiger partial charge in [-0.1, -0.05) is 40.2 Å². The molecule has 0 aromatic rings. The van der Waals surface area contributed by atoms with Crippen LogP contribution in [0.2, 0.25) is 0 Å². The minimum absolute atomic E-state index is 0.0202. The fourth-order valence-electron chi connectivity index (χ4n) is 9.88. The summed E-state index contributed by atoms with van der Waals surface area (Å²) in [6.07, 6.45) is 9.82. The number of hydrogen-bond donors (Lipinski definition) is 1. The molecule has 1 N–H and O–H groups in total. The lowest BCUT2D eigenvalue weighted by atomic mass is 9.35. The zero-order valence-electron chi connectivity index (χ0n) is 20.4. The van der Waals surface area contributed by atoms with Crippen molar-refractivity contribution in [1.82, 2.24) is 0 Å². The molecular weight excluding hydrogens is 404 g/mol. The van der Waals surface area contributed by atoms with Crippen LogP contribution in [0.25, 0.3) is 0 Å². The highest BCUT2D eigenvalue weighted by Gasteiger charge is 2.69. The number of aliphatic hydroxyl groups excluding tert-OH is 1. The van der Waals surface area contributed by atoms with Gasteiger partial charge in [-0.25, -0.2) is 4.79 Å². The second-order valence-corrected chi connectivity index (χ2v) is 12.8. The van der Waals surface area contributed by atoms with Gasteiger partial charge < -0.3 is 14.6 Å². The number of aliphatic hydroxyl groups is 1. The molecular formula is C27H40O5. The van der Waals surface area contributed by atoms with Crippen molar-refractivity contribution in [2.75, 3.05) is 6.61 Å². The van der Waals surface area contributed by atoms with Gasteiger partial charge in [-0.15, -0.1) is 0 Å². The van der Waals surface area contributed by atoms with Crippen molar-refractivity contribution < 1.29 is 24.2 Å². The smallest absolute Gasteiger partial charge is 0.336 e. The summed E-state index contributed by atoms with van der Waals surface area (Å²) < 4.78 is 11.1. The third-order valence-corrected chi connectivity index (χ3v) is 11.0. The number of carbonyl (C=O) groups excluding carboxylic acids is 2. The number of cyclic esters (lactones) is 1. The average molecular weight is 445 g/mol. The Bertz CT molecular complexity index is 860. The normalized spacial score (nSPS) is 49.0. The lowest BCUT2D eigenvalue weighted by Crippen LogP contribution is -2.64. The number of esters is 2. The summed E-state index contributed by atoms with van der Waals surface area (Å²) in [6, 6.07) is 0. The molecule has 0 amide bonds. The van der Waals surface area contributed by atoms with Crippen molar-refractivity contribution >= 4 is 11.9 Å². The Morgan fingerprint density at radius 1 is 1.06 bits per heavy atom. The second-order valence-electron chi connectivity index (χ2n) is 12.8. The summed E-state index contributed by atoms with van der Waals surface area (Å²) in [7, 11) is 0. The highest BCUT2D eigenvalue weighted by atomic mass is 16.6. The Balaban J connectivity index is 1.57. The summed E-state index contributed by atoms with van der Waals surface area (Å²) >= 11 is 0. The van der Waals surface area contributed by atoms with E-state index in [9.17, 15) is 14.7 Å². The molecule has 0 spiro atoms. The predicted molar refractivity (Wildman–Crippen MR) is 120 cm³/mol. The quantitative estimate of drug-likeness (QED) is 0.606.